The van der Waals surface area contributed by atoms with Crippen LogP contribution in [0.25, 0.3) is 0 Å². The van der Waals surface area contributed by atoms with Gasteiger partial charge in [-0.2, -0.15) is 39.5 Å². The Morgan fingerprint density at radius 1 is 0.826 bits per heavy atom. The smallest absolute Gasteiger partial charge is 0.298 e. The summed E-state index contributed by atoms with van der Waals surface area (Å²) in [5.74, 6) is 0. The molecule has 23 heavy (non-hydrogen) atoms. The first-order valence-electron chi connectivity index (χ1n) is 5.26. The van der Waals surface area contributed by atoms with Crippen molar-refractivity contribution in [3.05, 3.63) is 33.8 Å². The number of benzene rings is 1. The predicted octanol–water partition coefficient (Wildman–Crippen LogP) is 5.46. The standard InChI is InChI=1S/C11H3ClF10O/c12-7-2-4(1-6(5(7)3-23)9(14,15)16)8(13,10(17,18)19)11(20,21)22/h1-3H. The van der Waals surface area contributed by atoms with E-state index in [0.29, 0.717) is 0 Å². The predicted molar refractivity (Wildman–Crippen MR) is 56.7 cm³/mol. The Kier molecular flexibility index (Phi) is 4.70. The molecule has 0 N–H and O–H groups in total. The molecule has 1 aromatic carbocycles. The summed E-state index contributed by atoms with van der Waals surface area (Å²) in [7, 11) is 0. The molecule has 0 aliphatic carbocycles. The summed E-state index contributed by atoms with van der Waals surface area (Å²) in [4.78, 5) is 10.5. The average molecular weight is 377 g/mol. The van der Waals surface area contributed by atoms with E-state index in [-0.39, 0.29) is 6.07 Å². The van der Waals surface area contributed by atoms with Gasteiger partial charge in [-0.15, -0.1) is 0 Å². The van der Waals surface area contributed by atoms with Gasteiger partial charge in [-0.05, 0) is 12.1 Å². The van der Waals surface area contributed by atoms with Crippen LogP contribution in [-0.4, -0.2) is 18.6 Å². The molecule has 1 rings (SSSR count). The summed E-state index contributed by atoms with van der Waals surface area (Å²) in [6.07, 6.45) is -19.3. The van der Waals surface area contributed by atoms with Crippen molar-refractivity contribution >= 4 is 17.9 Å². The molecule has 0 heterocycles. The normalized spacial score (nSPS) is 14.0. The van der Waals surface area contributed by atoms with Crippen LogP contribution < -0.4 is 0 Å². The number of hydrogen-bond donors (Lipinski definition) is 0. The van der Waals surface area contributed by atoms with Crippen molar-refractivity contribution in [1.82, 2.24) is 0 Å². The number of carbonyl (C=O) groups is 1. The summed E-state index contributed by atoms with van der Waals surface area (Å²) in [6, 6.07) is -1.06. The maximum atomic E-state index is 13.8. The third kappa shape index (κ3) is 3.24. The minimum absolute atomic E-state index is 0.318. The average Bonchev–Trinajstić information content (AvgIpc) is 2.32. The lowest BCUT2D eigenvalue weighted by Crippen LogP contribution is -2.50. The van der Waals surface area contributed by atoms with E-state index in [1.165, 1.54) is 0 Å². The second-order valence-electron chi connectivity index (χ2n) is 4.19. The molecule has 12 heteroatoms. The van der Waals surface area contributed by atoms with Crippen molar-refractivity contribution in [2.45, 2.75) is 24.2 Å². The van der Waals surface area contributed by atoms with Crippen LogP contribution in [0.2, 0.25) is 5.02 Å². The minimum atomic E-state index is -6.61. The number of hydrogen-bond acceptors (Lipinski definition) is 1. The minimum Gasteiger partial charge on any atom is -0.298 e. The molecule has 0 aromatic heterocycles. The van der Waals surface area contributed by atoms with Crippen LogP contribution in [0.15, 0.2) is 12.1 Å². The number of rotatable bonds is 2. The Balaban J connectivity index is 3.85. The molecule has 1 nitrogen and oxygen atoms in total. The molecule has 1 aromatic rings. The monoisotopic (exact) mass is 376 g/mol. The van der Waals surface area contributed by atoms with Crippen molar-refractivity contribution < 1.29 is 48.7 Å². The van der Waals surface area contributed by atoms with E-state index >= 15 is 0 Å². The fourth-order valence-electron chi connectivity index (χ4n) is 1.66. The van der Waals surface area contributed by atoms with Crippen LogP contribution >= 0.6 is 11.6 Å². The van der Waals surface area contributed by atoms with E-state index in [1.54, 1.807) is 0 Å². The highest BCUT2D eigenvalue weighted by Gasteiger charge is 2.73. The van der Waals surface area contributed by atoms with Crippen molar-refractivity contribution in [3.8, 4) is 0 Å². The molecule has 130 valence electrons. The van der Waals surface area contributed by atoms with Crippen LogP contribution in [0.5, 0.6) is 0 Å². The number of aldehydes is 1. The molecule has 0 aliphatic rings. The highest BCUT2D eigenvalue weighted by atomic mass is 35.5. The first kappa shape index (κ1) is 19.5. The summed E-state index contributed by atoms with van der Waals surface area (Å²) in [5.41, 5.74) is -12.1. The van der Waals surface area contributed by atoms with E-state index < -0.39 is 58.3 Å². The summed E-state index contributed by atoms with van der Waals surface area (Å²) in [6.45, 7) is 0. The van der Waals surface area contributed by atoms with Gasteiger partial charge >= 0.3 is 24.2 Å². The van der Waals surface area contributed by atoms with Crippen molar-refractivity contribution in [1.29, 1.82) is 0 Å². The first-order valence-corrected chi connectivity index (χ1v) is 5.64. The van der Waals surface area contributed by atoms with Gasteiger partial charge < -0.3 is 0 Å². The largest absolute Gasteiger partial charge is 0.435 e. The van der Waals surface area contributed by atoms with Gasteiger partial charge in [0.2, 0.25) is 0 Å². The van der Waals surface area contributed by atoms with Crippen molar-refractivity contribution in [3.63, 3.8) is 0 Å². The van der Waals surface area contributed by atoms with Crippen molar-refractivity contribution in [2.24, 2.45) is 0 Å². The van der Waals surface area contributed by atoms with Gasteiger partial charge in [0, 0.05) is 11.1 Å². The zero-order chi connectivity index (χ0) is 18.4. The number of carbonyl (C=O) groups excluding carboxylic acids is 1. The Bertz CT molecular complexity index is 599. The molecular weight excluding hydrogens is 374 g/mol. The Morgan fingerprint density at radius 3 is 1.57 bits per heavy atom. The highest BCUT2D eigenvalue weighted by molar-refractivity contribution is 6.33. The fourth-order valence-corrected chi connectivity index (χ4v) is 1.92. The quantitative estimate of drug-likeness (QED) is 0.495. The highest BCUT2D eigenvalue weighted by Crippen LogP contribution is 2.54. The van der Waals surface area contributed by atoms with Gasteiger partial charge in [0.05, 0.1) is 10.6 Å². The van der Waals surface area contributed by atoms with Crippen LogP contribution in [0.1, 0.15) is 21.5 Å². The summed E-state index contributed by atoms with van der Waals surface area (Å²) < 4.78 is 127. The fraction of sp³-hybridized carbons (Fsp3) is 0.364. The van der Waals surface area contributed by atoms with E-state index in [2.05, 4.69) is 0 Å². The van der Waals surface area contributed by atoms with Crippen LogP contribution in [-0.2, 0) is 11.8 Å². The second-order valence-corrected chi connectivity index (χ2v) is 4.60. The SMILES string of the molecule is O=Cc1c(Cl)cc(C(F)(C(F)(F)F)C(F)(F)F)cc1C(F)(F)F. The molecule has 0 aliphatic heterocycles. The van der Waals surface area contributed by atoms with Gasteiger partial charge in [-0.1, -0.05) is 11.6 Å². The summed E-state index contributed by atoms with van der Waals surface area (Å²) >= 11 is 5.11. The van der Waals surface area contributed by atoms with E-state index in [9.17, 15) is 48.7 Å². The lowest BCUT2D eigenvalue weighted by molar-refractivity contribution is -0.348. The van der Waals surface area contributed by atoms with E-state index in [1.807, 2.05) is 0 Å². The van der Waals surface area contributed by atoms with Crippen LogP contribution in [0, 0.1) is 0 Å². The number of alkyl halides is 10. The lowest BCUT2D eigenvalue weighted by atomic mass is 9.91. The second kappa shape index (κ2) is 5.53. The van der Waals surface area contributed by atoms with Gasteiger partial charge in [-0.3, -0.25) is 4.79 Å². The topological polar surface area (TPSA) is 17.1 Å². The molecule has 0 radical (unpaired) electrons. The lowest BCUT2D eigenvalue weighted by Gasteiger charge is -2.31. The van der Waals surface area contributed by atoms with Crippen LogP contribution in [0.4, 0.5) is 43.9 Å². The van der Waals surface area contributed by atoms with Gasteiger partial charge in [-0.25, -0.2) is 4.39 Å². The molecule has 0 atom stereocenters. The third-order valence-electron chi connectivity index (χ3n) is 2.73. The van der Waals surface area contributed by atoms with Gasteiger partial charge in [0.25, 0.3) is 0 Å². The maximum absolute atomic E-state index is 13.8. The first-order chi connectivity index (χ1) is 10.1. The molecule has 0 fully saturated rings. The van der Waals surface area contributed by atoms with E-state index in [4.69, 9.17) is 11.6 Å². The Morgan fingerprint density at radius 2 is 1.26 bits per heavy atom. The molecule has 0 saturated heterocycles. The molecule has 0 unspecified atom stereocenters. The summed E-state index contributed by atoms with van der Waals surface area (Å²) in [5, 5.41) is -1.40. The van der Waals surface area contributed by atoms with Gasteiger partial charge in [0.1, 0.15) is 0 Å². The molecular formula is C11H3ClF10O. The Labute approximate surface area is 125 Å². The maximum Gasteiger partial charge on any atom is 0.435 e. The zero-order valence-electron chi connectivity index (χ0n) is 10.3. The van der Waals surface area contributed by atoms with Crippen LogP contribution in [0.3, 0.4) is 0 Å². The molecule has 0 spiro atoms. The molecule has 0 amide bonds. The molecule has 0 saturated carbocycles. The third-order valence-corrected chi connectivity index (χ3v) is 3.04. The van der Waals surface area contributed by atoms with E-state index in [0.717, 1.165) is 0 Å². The van der Waals surface area contributed by atoms with Gasteiger partial charge in [0.15, 0.2) is 6.29 Å². The molecule has 0 bridgehead atoms. The van der Waals surface area contributed by atoms with Crippen molar-refractivity contribution in [2.75, 3.05) is 0 Å². The Hall–Kier alpha value is -1.52. The number of halogens is 11. The zero-order valence-corrected chi connectivity index (χ0v) is 11.1.